The summed E-state index contributed by atoms with van der Waals surface area (Å²) in [5, 5.41) is 9.80. The number of phenolic OH excluding ortho intramolecular Hbond substituents is 1. The number of rotatable bonds is 0. The number of aryl methyl sites for hydroxylation is 1. The van der Waals surface area contributed by atoms with E-state index in [0.717, 1.165) is 30.4 Å². The van der Waals surface area contributed by atoms with E-state index in [1.807, 2.05) is 13.8 Å². The summed E-state index contributed by atoms with van der Waals surface area (Å²) in [5.74, 6) is 0.458. The van der Waals surface area contributed by atoms with E-state index in [0.29, 0.717) is 11.8 Å². The van der Waals surface area contributed by atoms with Gasteiger partial charge in [-0.05, 0) is 55.4 Å². The van der Waals surface area contributed by atoms with Gasteiger partial charge in [0.2, 0.25) is 0 Å². The van der Waals surface area contributed by atoms with E-state index in [2.05, 4.69) is 6.07 Å². The van der Waals surface area contributed by atoms with Crippen LogP contribution in [0.2, 0.25) is 0 Å². The Labute approximate surface area is 84.7 Å². The third-order valence-electron chi connectivity index (χ3n) is 3.21. The fourth-order valence-corrected chi connectivity index (χ4v) is 2.34. The van der Waals surface area contributed by atoms with Crippen LogP contribution in [0.25, 0.3) is 0 Å². The van der Waals surface area contributed by atoms with Crippen LogP contribution in [-0.2, 0) is 12.8 Å². The largest absolute Gasteiger partial charge is 0.507 e. The standard InChI is InChI=1S/C12H17NO/c1-7-5-9-6-10(13)3-4-11(9)8(2)12(7)14/h5,10,14H,3-4,6,13H2,1-2H3. The second-order valence-electron chi connectivity index (χ2n) is 4.31. The van der Waals surface area contributed by atoms with Gasteiger partial charge in [-0.1, -0.05) is 6.07 Å². The molecule has 2 nitrogen and oxygen atoms in total. The van der Waals surface area contributed by atoms with Crippen molar-refractivity contribution in [3.05, 3.63) is 28.3 Å². The lowest BCUT2D eigenvalue weighted by Crippen LogP contribution is -2.28. The Morgan fingerprint density at radius 2 is 2.14 bits per heavy atom. The van der Waals surface area contributed by atoms with Crippen LogP contribution in [0.4, 0.5) is 0 Å². The van der Waals surface area contributed by atoms with Gasteiger partial charge in [-0.15, -0.1) is 0 Å². The highest BCUT2D eigenvalue weighted by Gasteiger charge is 2.19. The molecule has 76 valence electrons. The van der Waals surface area contributed by atoms with Gasteiger partial charge in [0, 0.05) is 6.04 Å². The molecule has 0 heterocycles. The van der Waals surface area contributed by atoms with Gasteiger partial charge in [-0.2, -0.15) is 0 Å². The average Bonchev–Trinajstić information content (AvgIpc) is 2.14. The summed E-state index contributed by atoms with van der Waals surface area (Å²) in [6.45, 7) is 3.95. The smallest absolute Gasteiger partial charge is 0.121 e. The molecule has 1 aromatic carbocycles. The van der Waals surface area contributed by atoms with Gasteiger partial charge in [0.1, 0.15) is 5.75 Å². The van der Waals surface area contributed by atoms with E-state index in [-0.39, 0.29) is 0 Å². The van der Waals surface area contributed by atoms with E-state index in [1.54, 1.807) is 0 Å². The van der Waals surface area contributed by atoms with Crippen molar-refractivity contribution in [1.29, 1.82) is 0 Å². The first-order chi connectivity index (χ1) is 6.59. The van der Waals surface area contributed by atoms with Crippen LogP contribution >= 0.6 is 0 Å². The number of benzene rings is 1. The third kappa shape index (κ3) is 1.40. The number of aromatic hydroxyl groups is 1. The molecule has 1 aliphatic rings. The van der Waals surface area contributed by atoms with Crippen molar-refractivity contribution in [3.63, 3.8) is 0 Å². The van der Waals surface area contributed by atoms with E-state index in [4.69, 9.17) is 5.73 Å². The maximum atomic E-state index is 9.80. The third-order valence-corrected chi connectivity index (χ3v) is 3.21. The number of fused-ring (bicyclic) bond motifs is 1. The zero-order chi connectivity index (χ0) is 10.3. The first-order valence-electron chi connectivity index (χ1n) is 5.16. The molecule has 0 aliphatic heterocycles. The normalized spacial score (nSPS) is 20.6. The lowest BCUT2D eigenvalue weighted by atomic mass is 9.84. The molecule has 0 saturated carbocycles. The first kappa shape index (κ1) is 9.53. The molecule has 0 aromatic heterocycles. The highest BCUT2D eigenvalue weighted by atomic mass is 16.3. The molecular formula is C12H17NO. The summed E-state index contributed by atoms with van der Waals surface area (Å²) < 4.78 is 0. The van der Waals surface area contributed by atoms with Crippen molar-refractivity contribution < 1.29 is 5.11 Å². The van der Waals surface area contributed by atoms with Crippen molar-refractivity contribution in [1.82, 2.24) is 0 Å². The molecule has 14 heavy (non-hydrogen) atoms. The van der Waals surface area contributed by atoms with Gasteiger partial charge < -0.3 is 10.8 Å². The lowest BCUT2D eigenvalue weighted by Gasteiger charge is -2.24. The highest BCUT2D eigenvalue weighted by molar-refractivity contribution is 5.49. The summed E-state index contributed by atoms with van der Waals surface area (Å²) in [6, 6.07) is 2.38. The first-order valence-corrected chi connectivity index (χ1v) is 5.16. The minimum Gasteiger partial charge on any atom is -0.507 e. The van der Waals surface area contributed by atoms with Crippen LogP contribution in [0.5, 0.6) is 5.75 Å². The van der Waals surface area contributed by atoms with Gasteiger partial charge in [-0.25, -0.2) is 0 Å². The maximum absolute atomic E-state index is 9.80. The van der Waals surface area contributed by atoms with Crippen LogP contribution < -0.4 is 5.73 Å². The summed E-state index contributed by atoms with van der Waals surface area (Å²) >= 11 is 0. The molecule has 0 bridgehead atoms. The topological polar surface area (TPSA) is 46.2 Å². The molecule has 2 heteroatoms. The quantitative estimate of drug-likeness (QED) is 0.657. The fourth-order valence-electron chi connectivity index (χ4n) is 2.34. The SMILES string of the molecule is Cc1cc2c(c(C)c1O)CCC(N)C2. The van der Waals surface area contributed by atoms with Gasteiger partial charge in [0.05, 0.1) is 0 Å². The Morgan fingerprint density at radius 1 is 1.43 bits per heavy atom. The Bertz CT molecular complexity index is 371. The number of phenols is 1. The highest BCUT2D eigenvalue weighted by Crippen LogP contribution is 2.32. The average molecular weight is 191 g/mol. The second-order valence-corrected chi connectivity index (χ2v) is 4.31. The lowest BCUT2D eigenvalue weighted by molar-refractivity contribution is 0.462. The number of nitrogens with two attached hydrogens (primary N) is 1. The van der Waals surface area contributed by atoms with Crippen LogP contribution in [-0.4, -0.2) is 11.1 Å². The Morgan fingerprint density at radius 3 is 2.86 bits per heavy atom. The molecule has 0 spiro atoms. The number of hydrogen-bond acceptors (Lipinski definition) is 2. The van der Waals surface area contributed by atoms with E-state index < -0.39 is 0 Å². The molecule has 1 aliphatic carbocycles. The number of hydrogen-bond donors (Lipinski definition) is 2. The summed E-state index contributed by atoms with van der Waals surface area (Å²) in [6.07, 6.45) is 3.00. The summed E-state index contributed by atoms with van der Waals surface area (Å²) in [5.41, 5.74) is 10.6. The molecule has 1 aromatic rings. The minimum atomic E-state index is 0.297. The van der Waals surface area contributed by atoms with Gasteiger partial charge in [-0.3, -0.25) is 0 Å². The Balaban J connectivity index is 2.54. The molecule has 0 fully saturated rings. The van der Waals surface area contributed by atoms with Crippen molar-refractivity contribution in [2.24, 2.45) is 5.73 Å². The van der Waals surface area contributed by atoms with E-state index >= 15 is 0 Å². The van der Waals surface area contributed by atoms with Crippen LogP contribution in [0, 0.1) is 13.8 Å². The van der Waals surface area contributed by atoms with Crippen molar-refractivity contribution in [3.8, 4) is 5.75 Å². The Kier molecular flexibility index (Phi) is 2.23. The van der Waals surface area contributed by atoms with Gasteiger partial charge in [0.25, 0.3) is 0 Å². The zero-order valence-electron chi connectivity index (χ0n) is 8.80. The minimum absolute atomic E-state index is 0.297. The Hall–Kier alpha value is -1.02. The van der Waals surface area contributed by atoms with Crippen molar-refractivity contribution in [2.45, 2.75) is 39.2 Å². The van der Waals surface area contributed by atoms with Gasteiger partial charge in [0.15, 0.2) is 0 Å². The molecule has 1 unspecified atom stereocenters. The molecule has 1 atom stereocenters. The molecule has 0 saturated heterocycles. The summed E-state index contributed by atoms with van der Waals surface area (Å²) in [4.78, 5) is 0. The molecule has 0 amide bonds. The molecule has 3 N–H and O–H groups in total. The fraction of sp³-hybridized carbons (Fsp3) is 0.500. The van der Waals surface area contributed by atoms with Crippen LogP contribution in [0.15, 0.2) is 6.07 Å². The van der Waals surface area contributed by atoms with Crippen LogP contribution in [0.1, 0.15) is 28.7 Å². The molecule has 2 rings (SSSR count). The monoisotopic (exact) mass is 191 g/mol. The van der Waals surface area contributed by atoms with E-state index in [9.17, 15) is 5.11 Å². The van der Waals surface area contributed by atoms with Gasteiger partial charge >= 0.3 is 0 Å². The predicted molar refractivity (Wildman–Crippen MR) is 57.6 cm³/mol. The maximum Gasteiger partial charge on any atom is 0.121 e. The van der Waals surface area contributed by atoms with Crippen molar-refractivity contribution >= 4 is 0 Å². The van der Waals surface area contributed by atoms with Crippen LogP contribution in [0.3, 0.4) is 0 Å². The molecule has 0 radical (unpaired) electrons. The molecular weight excluding hydrogens is 174 g/mol. The van der Waals surface area contributed by atoms with Crippen molar-refractivity contribution in [2.75, 3.05) is 0 Å². The summed E-state index contributed by atoms with van der Waals surface area (Å²) in [7, 11) is 0. The zero-order valence-corrected chi connectivity index (χ0v) is 8.80. The predicted octanol–water partition coefficient (Wildman–Crippen LogP) is 1.83. The van der Waals surface area contributed by atoms with E-state index in [1.165, 1.54) is 11.1 Å². The second kappa shape index (κ2) is 3.28.